The van der Waals surface area contributed by atoms with Gasteiger partial charge in [-0.3, -0.25) is 9.59 Å². The Bertz CT molecular complexity index is 1220. The Morgan fingerprint density at radius 3 is 2.47 bits per heavy atom. The number of aromatic hydroxyl groups is 1. The molecule has 0 fully saturated rings. The van der Waals surface area contributed by atoms with Crippen molar-refractivity contribution in [3.05, 3.63) is 62.8 Å². The van der Waals surface area contributed by atoms with E-state index in [1.165, 1.54) is 23.5 Å². The van der Waals surface area contributed by atoms with Gasteiger partial charge in [0.1, 0.15) is 10.8 Å². The summed E-state index contributed by atoms with van der Waals surface area (Å²) in [5, 5.41) is 20.0. The molecule has 1 aromatic carbocycles. The van der Waals surface area contributed by atoms with E-state index in [-0.39, 0.29) is 41.0 Å². The number of hydrogen-bond donors (Lipinski definition) is 1. The van der Waals surface area contributed by atoms with E-state index in [0.29, 0.717) is 23.0 Å². The molecule has 9 heteroatoms. The van der Waals surface area contributed by atoms with E-state index in [1.807, 2.05) is 27.7 Å². The monoisotopic (exact) mass is 456 g/mol. The zero-order valence-corrected chi connectivity index (χ0v) is 19.2. The number of carbonyl (C=O) groups excluding carboxylic acids is 1. The third-order valence-corrected chi connectivity index (χ3v) is 6.68. The Morgan fingerprint density at radius 2 is 1.84 bits per heavy atom. The molecular weight excluding hydrogens is 431 g/mol. The second-order valence-electron chi connectivity index (χ2n) is 8.64. The summed E-state index contributed by atoms with van der Waals surface area (Å²) in [6.07, 6.45) is 2.05. The molecule has 4 rings (SSSR count). The molecule has 3 aromatic rings. The second-order valence-corrected chi connectivity index (χ2v) is 9.71. The highest BCUT2D eigenvalue weighted by Crippen LogP contribution is 2.31. The summed E-state index contributed by atoms with van der Waals surface area (Å²) >= 11 is 1.24. The van der Waals surface area contributed by atoms with Crippen LogP contribution in [0, 0.1) is 11.7 Å². The summed E-state index contributed by atoms with van der Waals surface area (Å²) in [6.45, 7) is 8.42. The predicted molar refractivity (Wildman–Crippen MR) is 120 cm³/mol. The van der Waals surface area contributed by atoms with Gasteiger partial charge in [-0.15, -0.1) is 10.2 Å². The number of carbonyl (C=O) groups is 1. The normalized spacial score (nSPS) is 16.2. The molecule has 2 aromatic heterocycles. The molecule has 1 amide bonds. The van der Waals surface area contributed by atoms with Gasteiger partial charge >= 0.3 is 0 Å². The molecule has 1 atom stereocenters. The van der Waals surface area contributed by atoms with Gasteiger partial charge in [0.15, 0.2) is 16.5 Å². The molecule has 1 N–H and O–H groups in total. The van der Waals surface area contributed by atoms with Crippen LogP contribution in [0.3, 0.4) is 0 Å². The lowest BCUT2D eigenvalue weighted by Gasteiger charge is -2.42. The molecule has 0 bridgehead atoms. The van der Waals surface area contributed by atoms with Crippen molar-refractivity contribution in [2.24, 2.45) is 5.92 Å². The number of halogens is 1. The van der Waals surface area contributed by atoms with Crippen LogP contribution in [-0.4, -0.2) is 42.8 Å². The molecule has 32 heavy (non-hydrogen) atoms. The molecule has 1 aliphatic heterocycles. The fourth-order valence-electron chi connectivity index (χ4n) is 4.09. The van der Waals surface area contributed by atoms with Crippen molar-refractivity contribution < 1.29 is 14.3 Å². The third kappa shape index (κ3) is 3.92. The predicted octanol–water partition coefficient (Wildman–Crippen LogP) is 3.69. The van der Waals surface area contributed by atoms with Gasteiger partial charge in [0.2, 0.25) is 5.43 Å². The van der Waals surface area contributed by atoms with Gasteiger partial charge in [-0.25, -0.2) is 4.39 Å². The van der Waals surface area contributed by atoms with E-state index in [9.17, 15) is 19.1 Å². The number of rotatable bonds is 5. The van der Waals surface area contributed by atoms with Gasteiger partial charge in [0, 0.05) is 25.2 Å². The summed E-state index contributed by atoms with van der Waals surface area (Å²) in [4.78, 5) is 27.9. The van der Waals surface area contributed by atoms with Crippen molar-refractivity contribution in [1.82, 2.24) is 19.7 Å². The van der Waals surface area contributed by atoms with Gasteiger partial charge < -0.3 is 14.6 Å². The maximum absolute atomic E-state index is 13.2. The van der Waals surface area contributed by atoms with Crippen LogP contribution in [0.4, 0.5) is 4.39 Å². The lowest BCUT2D eigenvalue weighted by atomic mass is 9.97. The summed E-state index contributed by atoms with van der Waals surface area (Å²) < 4.78 is 14.8. The molecule has 3 heterocycles. The molecule has 1 aliphatic rings. The number of hydrogen-bond acceptors (Lipinski definition) is 6. The Morgan fingerprint density at radius 1 is 1.16 bits per heavy atom. The van der Waals surface area contributed by atoms with Crippen molar-refractivity contribution in [2.75, 3.05) is 0 Å². The van der Waals surface area contributed by atoms with Gasteiger partial charge in [-0.05, 0) is 37.5 Å². The Kier molecular flexibility index (Phi) is 5.85. The molecule has 0 saturated carbocycles. The van der Waals surface area contributed by atoms with Crippen molar-refractivity contribution in [3.8, 4) is 16.3 Å². The highest BCUT2D eigenvalue weighted by Gasteiger charge is 2.38. The minimum atomic E-state index is -0.638. The van der Waals surface area contributed by atoms with Crippen molar-refractivity contribution in [2.45, 2.75) is 52.7 Å². The number of amides is 1. The fraction of sp³-hybridized carbons (Fsp3) is 0.391. The van der Waals surface area contributed by atoms with E-state index in [2.05, 4.69) is 10.2 Å². The molecule has 0 radical (unpaired) electrons. The largest absolute Gasteiger partial charge is 0.503 e. The zero-order valence-electron chi connectivity index (χ0n) is 18.4. The maximum atomic E-state index is 13.2. The highest BCUT2D eigenvalue weighted by atomic mass is 32.1. The zero-order chi connectivity index (χ0) is 23.2. The van der Waals surface area contributed by atoms with Crippen LogP contribution < -0.4 is 5.43 Å². The number of nitrogens with zero attached hydrogens (tertiary/aromatic N) is 4. The first-order chi connectivity index (χ1) is 15.2. The Balaban J connectivity index is 1.72. The maximum Gasteiger partial charge on any atom is 0.275 e. The van der Waals surface area contributed by atoms with Gasteiger partial charge in [-0.1, -0.05) is 37.3 Å². The van der Waals surface area contributed by atoms with Crippen LogP contribution in [0.1, 0.15) is 48.8 Å². The first kappa shape index (κ1) is 22.1. The first-order valence-electron chi connectivity index (χ1n) is 10.5. The second kappa shape index (κ2) is 8.46. The third-order valence-electron chi connectivity index (χ3n) is 5.73. The van der Waals surface area contributed by atoms with Crippen molar-refractivity contribution in [3.63, 3.8) is 0 Å². The smallest absolute Gasteiger partial charge is 0.275 e. The number of aromatic nitrogens is 3. The summed E-state index contributed by atoms with van der Waals surface area (Å²) in [7, 11) is 0. The lowest BCUT2D eigenvalue weighted by Crippen LogP contribution is -2.54. The van der Waals surface area contributed by atoms with E-state index < -0.39 is 11.2 Å². The van der Waals surface area contributed by atoms with Gasteiger partial charge in [0.25, 0.3) is 5.91 Å². The van der Waals surface area contributed by atoms with Gasteiger partial charge in [-0.2, -0.15) is 0 Å². The summed E-state index contributed by atoms with van der Waals surface area (Å²) in [5.74, 6) is -1.02. The molecule has 7 nitrogen and oxygen atoms in total. The van der Waals surface area contributed by atoms with Crippen LogP contribution in [0.2, 0.25) is 0 Å². The quantitative estimate of drug-likeness (QED) is 0.633. The van der Waals surface area contributed by atoms with Crippen LogP contribution in [-0.2, 0) is 13.0 Å². The van der Waals surface area contributed by atoms with Crippen LogP contribution >= 0.6 is 11.3 Å². The number of pyridine rings is 1. The lowest BCUT2D eigenvalue weighted by molar-refractivity contribution is 0.0422. The highest BCUT2D eigenvalue weighted by molar-refractivity contribution is 7.14. The van der Waals surface area contributed by atoms with Crippen LogP contribution in [0.25, 0.3) is 10.6 Å². The average Bonchev–Trinajstić information content (AvgIpc) is 3.19. The van der Waals surface area contributed by atoms with E-state index in [4.69, 9.17) is 0 Å². The van der Waals surface area contributed by atoms with E-state index in [1.54, 1.807) is 27.8 Å². The van der Waals surface area contributed by atoms with E-state index in [0.717, 1.165) is 5.56 Å². The Labute approximate surface area is 189 Å². The Hall–Kier alpha value is -3.07. The van der Waals surface area contributed by atoms with Crippen LogP contribution in [0.15, 0.2) is 35.3 Å². The fourth-order valence-corrected chi connectivity index (χ4v) is 4.97. The molecular formula is C23H25FN4O3S. The SMILES string of the molecule is CC(C)[C@@H]1Cn2cc(-c3nnc(Cc4ccc(F)cc4)s3)c(=O)c(O)c2C(=O)N1C(C)C. The summed E-state index contributed by atoms with van der Waals surface area (Å²) in [6, 6.07) is 5.99. The standard InChI is InChI=1S/C23H25FN4O3S/c1-12(2)17-11-27-10-16(20(29)21(30)19(27)23(31)28(17)13(3)4)22-26-25-18(32-22)9-14-5-7-15(24)8-6-14/h5-8,10,12-13,17,30H,9,11H2,1-4H3/t17-/m0/s1. The van der Waals surface area contributed by atoms with E-state index >= 15 is 0 Å². The minimum absolute atomic E-state index is 0.0143. The van der Waals surface area contributed by atoms with Gasteiger partial charge in [0.05, 0.1) is 11.6 Å². The molecule has 0 unspecified atom stereocenters. The van der Waals surface area contributed by atoms with Crippen molar-refractivity contribution >= 4 is 17.2 Å². The minimum Gasteiger partial charge on any atom is -0.503 e. The van der Waals surface area contributed by atoms with Crippen molar-refractivity contribution in [1.29, 1.82) is 0 Å². The molecule has 0 aliphatic carbocycles. The number of fused-ring (bicyclic) bond motifs is 1. The molecule has 168 valence electrons. The average molecular weight is 457 g/mol. The first-order valence-corrected chi connectivity index (χ1v) is 11.3. The number of benzene rings is 1. The summed E-state index contributed by atoms with van der Waals surface area (Å²) in [5.41, 5.74) is 0.460. The topological polar surface area (TPSA) is 88.3 Å². The molecule has 0 saturated heterocycles. The molecule has 0 spiro atoms. The van der Waals surface area contributed by atoms with Crippen LogP contribution in [0.5, 0.6) is 5.75 Å².